The van der Waals surface area contributed by atoms with Gasteiger partial charge >= 0.3 is 0 Å². The van der Waals surface area contributed by atoms with E-state index < -0.39 is 10.0 Å². The molecule has 2 bridgehead atoms. The highest BCUT2D eigenvalue weighted by atomic mass is 32.2. The number of aryl methyl sites for hydroxylation is 1. The second-order valence-electron chi connectivity index (χ2n) is 6.16. The maximum absolute atomic E-state index is 12.7. The topological polar surface area (TPSA) is 55.2 Å². The van der Waals surface area contributed by atoms with Gasteiger partial charge in [-0.25, -0.2) is 8.42 Å². The van der Waals surface area contributed by atoms with Crippen LogP contribution in [0.3, 0.4) is 0 Å². The molecule has 2 heterocycles. The maximum Gasteiger partial charge on any atom is 0.246 e. The Morgan fingerprint density at radius 3 is 2.65 bits per heavy atom. The van der Waals surface area contributed by atoms with Gasteiger partial charge in [0.2, 0.25) is 10.0 Å². The van der Waals surface area contributed by atoms with Crippen molar-refractivity contribution in [2.75, 3.05) is 13.1 Å². The van der Waals surface area contributed by atoms with Crippen LogP contribution in [0.5, 0.6) is 0 Å². The van der Waals surface area contributed by atoms with Crippen LogP contribution >= 0.6 is 0 Å². The van der Waals surface area contributed by atoms with Crippen molar-refractivity contribution < 1.29 is 8.42 Å². The van der Waals surface area contributed by atoms with Gasteiger partial charge in [0.1, 0.15) is 4.90 Å². The minimum atomic E-state index is -3.35. The van der Waals surface area contributed by atoms with Crippen LogP contribution in [0.25, 0.3) is 0 Å². The number of aromatic nitrogens is 2. The number of sulfonamides is 1. The normalized spacial score (nSPS) is 27.6. The Hall–Kier alpha value is -0.880. The Balaban J connectivity index is 1.80. The van der Waals surface area contributed by atoms with E-state index in [0.29, 0.717) is 29.8 Å². The number of hydrogen-bond acceptors (Lipinski definition) is 3. The van der Waals surface area contributed by atoms with Gasteiger partial charge < -0.3 is 0 Å². The Morgan fingerprint density at radius 2 is 2.00 bits per heavy atom. The molecule has 2 atom stereocenters. The molecule has 5 nitrogen and oxygen atoms in total. The molecule has 6 heteroatoms. The summed E-state index contributed by atoms with van der Waals surface area (Å²) in [5.74, 6) is 1.12. The van der Waals surface area contributed by atoms with Crippen molar-refractivity contribution in [3.63, 3.8) is 0 Å². The Kier molecular flexibility index (Phi) is 3.86. The zero-order valence-electron chi connectivity index (χ0n) is 12.0. The lowest BCUT2D eigenvalue weighted by Crippen LogP contribution is -2.45. The molecule has 0 radical (unpaired) electrons. The molecule has 0 spiro atoms. The molecular formula is C14H23N3O2S. The van der Waals surface area contributed by atoms with Crippen molar-refractivity contribution in [1.82, 2.24) is 14.1 Å². The molecule has 1 aromatic rings. The number of hydrogen-bond donors (Lipinski definition) is 0. The molecule has 20 heavy (non-hydrogen) atoms. The van der Waals surface area contributed by atoms with Gasteiger partial charge in [-0.15, -0.1) is 0 Å². The first-order valence-electron chi connectivity index (χ1n) is 7.62. The molecule has 2 aliphatic rings. The van der Waals surface area contributed by atoms with Crippen LogP contribution in [-0.4, -0.2) is 35.6 Å². The summed E-state index contributed by atoms with van der Waals surface area (Å²) in [4.78, 5) is 0.353. The van der Waals surface area contributed by atoms with Gasteiger partial charge in [-0.3, -0.25) is 4.68 Å². The first kappa shape index (κ1) is 14.1. The third-order valence-electron chi connectivity index (χ3n) is 4.52. The second kappa shape index (κ2) is 5.48. The molecule has 0 amide bonds. The molecule has 2 unspecified atom stereocenters. The summed E-state index contributed by atoms with van der Waals surface area (Å²) in [5, 5.41) is 4.15. The van der Waals surface area contributed by atoms with Crippen molar-refractivity contribution in [1.29, 1.82) is 0 Å². The van der Waals surface area contributed by atoms with Crippen molar-refractivity contribution in [3.05, 3.63) is 12.4 Å². The molecule has 2 fully saturated rings. The average Bonchev–Trinajstić information content (AvgIpc) is 2.88. The van der Waals surface area contributed by atoms with Gasteiger partial charge in [0, 0.05) is 25.8 Å². The van der Waals surface area contributed by atoms with E-state index in [1.165, 1.54) is 31.9 Å². The highest BCUT2D eigenvalue weighted by Gasteiger charge is 2.37. The molecule has 3 rings (SSSR count). The summed E-state index contributed by atoms with van der Waals surface area (Å²) >= 11 is 0. The SMILES string of the molecule is CCCn1cc(S(=O)(=O)N2CC3CCCC(C3)C2)cn1. The molecule has 1 saturated heterocycles. The minimum absolute atomic E-state index is 0.353. The summed E-state index contributed by atoms with van der Waals surface area (Å²) in [6.07, 6.45) is 8.95. The summed E-state index contributed by atoms with van der Waals surface area (Å²) in [5.41, 5.74) is 0. The molecule has 1 aromatic heterocycles. The Labute approximate surface area is 121 Å². The van der Waals surface area contributed by atoms with Crippen molar-refractivity contribution in [2.45, 2.75) is 50.5 Å². The highest BCUT2D eigenvalue weighted by molar-refractivity contribution is 7.89. The summed E-state index contributed by atoms with van der Waals surface area (Å²) < 4.78 is 28.8. The lowest BCUT2D eigenvalue weighted by atomic mass is 9.79. The van der Waals surface area contributed by atoms with Crippen molar-refractivity contribution in [3.8, 4) is 0 Å². The van der Waals surface area contributed by atoms with Crippen LogP contribution in [0.15, 0.2) is 17.3 Å². The minimum Gasteiger partial charge on any atom is -0.271 e. The second-order valence-corrected chi connectivity index (χ2v) is 8.10. The standard InChI is InChI=1S/C14H23N3O2S/c1-2-6-16-11-14(8-15-16)20(18,19)17-9-12-4-3-5-13(7-12)10-17/h8,11-13H,2-7,9-10H2,1H3. The zero-order chi connectivity index (χ0) is 14.2. The van der Waals surface area contributed by atoms with Crippen molar-refractivity contribution in [2.24, 2.45) is 11.8 Å². The third-order valence-corrected chi connectivity index (χ3v) is 6.30. The Morgan fingerprint density at radius 1 is 1.30 bits per heavy atom. The summed E-state index contributed by atoms with van der Waals surface area (Å²) in [7, 11) is -3.35. The predicted molar refractivity (Wildman–Crippen MR) is 76.7 cm³/mol. The van der Waals surface area contributed by atoms with Crippen LogP contribution in [0.2, 0.25) is 0 Å². The van der Waals surface area contributed by atoms with E-state index in [0.717, 1.165) is 13.0 Å². The third kappa shape index (κ3) is 2.63. The molecule has 1 aliphatic heterocycles. The van der Waals surface area contributed by atoms with Crippen LogP contribution in [-0.2, 0) is 16.6 Å². The van der Waals surface area contributed by atoms with Crippen LogP contribution < -0.4 is 0 Å². The van der Waals surface area contributed by atoms with Gasteiger partial charge in [0.25, 0.3) is 0 Å². The first-order valence-corrected chi connectivity index (χ1v) is 9.06. The maximum atomic E-state index is 12.7. The first-order chi connectivity index (χ1) is 9.59. The number of fused-ring (bicyclic) bond motifs is 2. The van der Waals surface area contributed by atoms with E-state index >= 15 is 0 Å². The molecule has 112 valence electrons. The van der Waals surface area contributed by atoms with Gasteiger partial charge in [-0.2, -0.15) is 9.40 Å². The average molecular weight is 297 g/mol. The zero-order valence-corrected chi connectivity index (χ0v) is 12.8. The summed E-state index contributed by atoms with van der Waals surface area (Å²) in [6.45, 7) is 4.21. The summed E-state index contributed by atoms with van der Waals surface area (Å²) in [6, 6.07) is 0. The van der Waals surface area contributed by atoms with Crippen molar-refractivity contribution >= 4 is 10.0 Å². The fourth-order valence-electron chi connectivity index (χ4n) is 3.56. The molecule has 1 saturated carbocycles. The predicted octanol–water partition coefficient (Wildman–Crippen LogP) is 2.10. The number of rotatable bonds is 4. The van der Waals surface area contributed by atoms with E-state index in [9.17, 15) is 8.42 Å². The fraction of sp³-hybridized carbons (Fsp3) is 0.786. The van der Waals surface area contributed by atoms with E-state index in [1.807, 2.05) is 0 Å². The van der Waals surface area contributed by atoms with E-state index in [4.69, 9.17) is 0 Å². The van der Waals surface area contributed by atoms with Gasteiger partial charge in [-0.05, 0) is 37.5 Å². The number of nitrogens with zero attached hydrogens (tertiary/aromatic N) is 3. The number of piperidine rings is 1. The Bertz CT molecular complexity index is 555. The molecule has 0 aromatic carbocycles. The largest absolute Gasteiger partial charge is 0.271 e. The lowest BCUT2D eigenvalue weighted by molar-refractivity contribution is 0.144. The van der Waals surface area contributed by atoms with Crippen LogP contribution in [0.1, 0.15) is 39.0 Å². The lowest BCUT2D eigenvalue weighted by Gasteiger charge is -2.40. The highest BCUT2D eigenvalue weighted by Crippen LogP contribution is 2.36. The molecular weight excluding hydrogens is 274 g/mol. The van der Waals surface area contributed by atoms with E-state index in [1.54, 1.807) is 15.2 Å². The van der Waals surface area contributed by atoms with Gasteiger partial charge in [0.15, 0.2) is 0 Å². The fourth-order valence-corrected chi connectivity index (χ4v) is 5.11. The molecule has 1 aliphatic carbocycles. The van der Waals surface area contributed by atoms with Crippen LogP contribution in [0.4, 0.5) is 0 Å². The smallest absolute Gasteiger partial charge is 0.246 e. The van der Waals surface area contributed by atoms with Gasteiger partial charge in [0.05, 0.1) is 6.20 Å². The quantitative estimate of drug-likeness (QED) is 0.855. The molecule has 0 N–H and O–H groups in total. The van der Waals surface area contributed by atoms with Crippen LogP contribution in [0, 0.1) is 11.8 Å². The monoisotopic (exact) mass is 297 g/mol. The van der Waals surface area contributed by atoms with E-state index in [2.05, 4.69) is 12.0 Å². The van der Waals surface area contributed by atoms with Gasteiger partial charge in [-0.1, -0.05) is 13.3 Å². The van der Waals surface area contributed by atoms with E-state index in [-0.39, 0.29) is 0 Å².